The first kappa shape index (κ1) is 18.1. The van der Waals surface area contributed by atoms with Crippen molar-refractivity contribution < 1.29 is 22.7 Å². The number of halogens is 1. The first-order chi connectivity index (χ1) is 11.3. The van der Waals surface area contributed by atoms with Gasteiger partial charge in [-0.05, 0) is 36.4 Å². The Hall–Kier alpha value is -2.23. The lowest BCUT2D eigenvalue weighted by atomic mass is 10.2. The number of rotatable bonds is 5. The van der Waals surface area contributed by atoms with E-state index in [9.17, 15) is 18.0 Å². The number of benzene rings is 2. The monoisotopic (exact) mass is 412 g/mol. The minimum Gasteiger partial charge on any atom is -0.452 e. The maximum Gasteiger partial charge on any atom is 0.338 e. The molecule has 24 heavy (non-hydrogen) atoms. The zero-order valence-electron chi connectivity index (χ0n) is 12.2. The van der Waals surface area contributed by atoms with Crippen molar-refractivity contribution in [2.45, 2.75) is 4.90 Å². The molecule has 0 saturated heterocycles. The number of hydrogen-bond acceptors (Lipinski definition) is 5. The fraction of sp³-hybridized carbons (Fsp3) is 0.0667. The lowest BCUT2D eigenvalue weighted by Crippen LogP contribution is -2.21. The standard InChI is InChI=1S/C15H13BrN2O5S/c16-11-4-2-5-12(8-11)18-14(19)9-23-15(20)10-3-1-6-13(7-10)24(17,21)22/h1-8H,9H2,(H,18,19)(H2,17,21,22). The Labute approximate surface area is 147 Å². The van der Waals surface area contributed by atoms with Crippen molar-refractivity contribution >= 4 is 43.5 Å². The summed E-state index contributed by atoms with van der Waals surface area (Å²) in [5.74, 6) is -1.35. The highest BCUT2D eigenvalue weighted by atomic mass is 79.9. The Bertz CT molecular complexity index is 883. The predicted molar refractivity (Wildman–Crippen MR) is 90.9 cm³/mol. The Kier molecular flexibility index (Phi) is 5.71. The van der Waals surface area contributed by atoms with E-state index in [0.29, 0.717) is 5.69 Å². The molecular formula is C15H13BrN2O5S. The van der Waals surface area contributed by atoms with Gasteiger partial charge in [-0.2, -0.15) is 0 Å². The summed E-state index contributed by atoms with van der Waals surface area (Å²) < 4.78 is 28.2. The molecule has 1 amide bonds. The van der Waals surface area contributed by atoms with Gasteiger partial charge in [-0.3, -0.25) is 4.79 Å². The number of hydrogen-bond donors (Lipinski definition) is 2. The summed E-state index contributed by atoms with van der Waals surface area (Å²) in [6.07, 6.45) is 0. The second-order valence-corrected chi connectivity index (χ2v) is 7.18. The van der Waals surface area contributed by atoms with Crippen molar-refractivity contribution in [2.75, 3.05) is 11.9 Å². The molecule has 0 aliphatic rings. The van der Waals surface area contributed by atoms with Gasteiger partial charge in [0.2, 0.25) is 10.0 Å². The Morgan fingerprint density at radius 2 is 1.83 bits per heavy atom. The maximum absolute atomic E-state index is 11.9. The van der Waals surface area contributed by atoms with Crippen LogP contribution >= 0.6 is 15.9 Å². The van der Waals surface area contributed by atoms with Crippen LogP contribution in [0.3, 0.4) is 0 Å². The van der Waals surface area contributed by atoms with Crippen LogP contribution in [-0.4, -0.2) is 26.9 Å². The molecule has 0 saturated carbocycles. The number of amides is 1. The van der Waals surface area contributed by atoms with Gasteiger partial charge >= 0.3 is 5.97 Å². The summed E-state index contributed by atoms with van der Waals surface area (Å²) in [5, 5.41) is 7.56. The summed E-state index contributed by atoms with van der Waals surface area (Å²) in [6, 6.07) is 12.0. The van der Waals surface area contributed by atoms with Gasteiger partial charge in [-0.15, -0.1) is 0 Å². The summed E-state index contributed by atoms with van der Waals surface area (Å²) >= 11 is 3.27. The minimum absolute atomic E-state index is 0.0169. The third-order valence-corrected chi connectivity index (χ3v) is 4.25. The first-order valence-electron chi connectivity index (χ1n) is 6.61. The van der Waals surface area contributed by atoms with Crippen molar-refractivity contribution in [3.8, 4) is 0 Å². The van der Waals surface area contributed by atoms with Crippen molar-refractivity contribution in [2.24, 2.45) is 5.14 Å². The average Bonchev–Trinajstić information content (AvgIpc) is 2.52. The number of sulfonamides is 1. The van der Waals surface area contributed by atoms with Gasteiger partial charge in [0.05, 0.1) is 10.5 Å². The van der Waals surface area contributed by atoms with Crippen LogP contribution < -0.4 is 10.5 Å². The third-order valence-electron chi connectivity index (χ3n) is 2.84. The molecule has 0 fully saturated rings. The van der Waals surface area contributed by atoms with Crippen LogP contribution in [-0.2, 0) is 19.6 Å². The van der Waals surface area contributed by atoms with Gasteiger partial charge < -0.3 is 10.1 Å². The second-order valence-electron chi connectivity index (χ2n) is 4.71. The summed E-state index contributed by atoms with van der Waals surface area (Å²) in [5.41, 5.74) is 0.526. The van der Waals surface area contributed by atoms with E-state index in [-0.39, 0.29) is 10.5 Å². The Balaban J connectivity index is 1.97. The molecule has 3 N–H and O–H groups in total. The average molecular weight is 413 g/mol. The summed E-state index contributed by atoms with van der Waals surface area (Å²) in [7, 11) is -3.93. The van der Waals surface area contributed by atoms with Gasteiger partial charge in [0.1, 0.15) is 0 Å². The molecule has 2 aromatic rings. The van der Waals surface area contributed by atoms with Gasteiger partial charge in [-0.25, -0.2) is 18.4 Å². The van der Waals surface area contributed by atoms with E-state index in [4.69, 9.17) is 9.88 Å². The van der Waals surface area contributed by atoms with Gasteiger partial charge in [0.25, 0.3) is 5.91 Å². The lowest BCUT2D eigenvalue weighted by molar-refractivity contribution is -0.119. The van der Waals surface area contributed by atoms with Crippen LogP contribution in [0.25, 0.3) is 0 Å². The van der Waals surface area contributed by atoms with E-state index >= 15 is 0 Å². The van der Waals surface area contributed by atoms with Crippen molar-refractivity contribution in [1.82, 2.24) is 0 Å². The molecule has 0 bridgehead atoms. The molecule has 7 nitrogen and oxygen atoms in total. The number of carbonyl (C=O) groups is 2. The first-order valence-corrected chi connectivity index (χ1v) is 8.95. The molecular weight excluding hydrogens is 400 g/mol. The van der Waals surface area contributed by atoms with Crippen LogP contribution in [0.15, 0.2) is 57.9 Å². The number of ether oxygens (including phenoxy) is 1. The number of esters is 1. The SMILES string of the molecule is NS(=O)(=O)c1cccc(C(=O)OCC(=O)Nc2cccc(Br)c2)c1. The van der Waals surface area contributed by atoms with Gasteiger partial charge in [0, 0.05) is 10.2 Å². The smallest absolute Gasteiger partial charge is 0.338 e. The van der Waals surface area contributed by atoms with Gasteiger partial charge in [-0.1, -0.05) is 28.1 Å². The molecule has 0 heterocycles. The van der Waals surface area contributed by atoms with E-state index in [1.165, 1.54) is 18.2 Å². The highest BCUT2D eigenvalue weighted by Crippen LogP contribution is 2.15. The number of nitrogens with one attached hydrogen (secondary N) is 1. The summed E-state index contributed by atoms with van der Waals surface area (Å²) in [6.45, 7) is -0.509. The molecule has 0 aromatic heterocycles. The molecule has 2 aromatic carbocycles. The van der Waals surface area contributed by atoms with Crippen LogP contribution in [0.2, 0.25) is 0 Å². The zero-order chi connectivity index (χ0) is 17.7. The maximum atomic E-state index is 11.9. The largest absolute Gasteiger partial charge is 0.452 e. The molecule has 0 unspecified atom stereocenters. The third kappa shape index (κ3) is 5.15. The van der Waals surface area contributed by atoms with E-state index < -0.39 is 28.5 Å². The van der Waals surface area contributed by atoms with Crippen molar-refractivity contribution in [3.63, 3.8) is 0 Å². The van der Waals surface area contributed by atoms with Crippen LogP contribution in [0.4, 0.5) is 5.69 Å². The van der Waals surface area contributed by atoms with Crippen LogP contribution in [0, 0.1) is 0 Å². The number of nitrogens with two attached hydrogens (primary N) is 1. The molecule has 0 aliphatic heterocycles. The van der Waals surface area contributed by atoms with E-state index in [1.807, 2.05) is 0 Å². The molecule has 0 radical (unpaired) electrons. The number of anilines is 1. The fourth-order valence-corrected chi connectivity index (χ4v) is 2.74. The zero-order valence-corrected chi connectivity index (χ0v) is 14.6. The molecule has 2 rings (SSSR count). The van der Waals surface area contributed by atoms with Crippen molar-refractivity contribution in [1.29, 1.82) is 0 Å². The minimum atomic E-state index is -3.93. The molecule has 0 aliphatic carbocycles. The van der Waals surface area contributed by atoms with Crippen LogP contribution in [0.5, 0.6) is 0 Å². The topological polar surface area (TPSA) is 116 Å². The predicted octanol–water partition coefficient (Wildman–Crippen LogP) is 1.89. The van der Waals surface area contributed by atoms with Gasteiger partial charge in [0.15, 0.2) is 6.61 Å². The van der Waals surface area contributed by atoms with Crippen molar-refractivity contribution in [3.05, 3.63) is 58.6 Å². The molecule has 0 spiro atoms. The summed E-state index contributed by atoms with van der Waals surface area (Å²) in [4.78, 5) is 23.4. The highest BCUT2D eigenvalue weighted by molar-refractivity contribution is 9.10. The fourth-order valence-electron chi connectivity index (χ4n) is 1.78. The molecule has 126 valence electrons. The quantitative estimate of drug-likeness (QED) is 0.727. The number of carbonyl (C=O) groups excluding carboxylic acids is 2. The highest BCUT2D eigenvalue weighted by Gasteiger charge is 2.14. The Morgan fingerprint density at radius 3 is 2.50 bits per heavy atom. The number of primary sulfonamides is 1. The normalized spacial score (nSPS) is 10.9. The van der Waals surface area contributed by atoms with E-state index in [1.54, 1.807) is 24.3 Å². The van der Waals surface area contributed by atoms with E-state index in [2.05, 4.69) is 21.2 Å². The molecule has 0 atom stereocenters. The second kappa shape index (κ2) is 7.56. The van der Waals surface area contributed by atoms with Crippen LogP contribution in [0.1, 0.15) is 10.4 Å². The molecule has 9 heteroatoms. The lowest BCUT2D eigenvalue weighted by Gasteiger charge is -2.07. The van der Waals surface area contributed by atoms with E-state index in [0.717, 1.165) is 10.5 Å². The Morgan fingerprint density at radius 1 is 1.12 bits per heavy atom.